The van der Waals surface area contributed by atoms with Gasteiger partial charge in [0, 0.05) is 23.2 Å². The zero-order chi connectivity index (χ0) is 14.8. The summed E-state index contributed by atoms with van der Waals surface area (Å²) in [5, 5.41) is 4.91. The van der Waals surface area contributed by atoms with E-state index in [9.17, 15) is 4.79 Å². The Balaban J connectivity index is 1.75. The number of hydrogen-bond donors (Lipinski definition) is 0. The van der Waals surface area contributed by atoms with E-state index < -0.39 is 0 Å². The molecule has 0 saturated heterocycles. The molecule has 3 rings (SSSR count). The monoisotopic (exact) mass is 319 g/mol. The smallest absolute Gasteiger partial charge is 0.179 e. The minimum absolute atomic E-state index is 0.0985. The van der Waals surface area contributed by atoms with Gasteiger partial charge >= 0.3 is 0 Å². The molecule has 1 aromatic heterocycles. The predicted molar refractivity (Wildman–Crippen MR) is 88.1 cm³/mol. The van der Waals surface area contributed by atoms with Crippen molar-refractivity contribution in [1.82, 2.24) is 4.90 Å². The molecular weight excluding hydrogens is 302 g/mol. The highest BCUT2D eigenvalue weighted by Gasteiger charge is 2.35. The van der Waals surface area contributed by atoms with Gasteiger partial charge in [0.05, 0.1) is 6.04 Å². The minimum atomic E-state index is -0.0985. The van der Waals surface area contributed by atoms with Crippen molar-refractivity contribution in [3.63, 3.8) is 0 Å². The fraction of sp³-hybridized carbons (Fsp3) is 0.353. The largest absolute Gasteiger partial charge is 0.292 e. The van der Waals surface area contributed by atoms with Gasteiger partial charge in [0.2, 0.25) is 0 Å². The van der Waals surface area contributed by atoms with Crippen LogP contribution < -0.4 is 0 Å². The molecule has 1 aromatic carbocycles. The second kappa shape index (κ2) is 6.30. The Morgan fingerprint density at radius 1 is 1.33 bits per heavy atom. The van der Waals surface area contributed by atoms with Gasteiger partial charge in [-0.2, -0.15) is 11.3 Å². The predicted octanol–water partition coefficient (Wildman–Crippen LogP) is 4.64. The van der Waals surface area contributed by atoms with Gasteiger partial charge in [-0.05, 0) is 66.4 Å². The van der Waals surface area contributed by atoms with Crippen LogP contribution >= 0.6 is 22.9 Å². The van der Waals surface area contributed by atoms with E-state index in [1.807, 2.05) is 19.1 Å². The van der Waals surface area contributed by atoms with Crippen molar-refractivity contribution < 1.29 is 4.79 Å². The van der Waals surface area contributed by atoms with Crippen LogP contribution in [-0.2, 0) is 6.54 Å². The molecule has 1 atom stereocenters. The number of nitrogens with zero attached hydrogens (tertiary/aromatic N) is 1. The molecule has 0 amide bonds. The first-order chi connectivity index (χ1) is 10.1. The Hall–Kier alpha value is -1.16. The summed E-state index contributed by atoms with van der Waals surface area (Å²) in [7, 11) is 0. The molecule has 1 heterocycles. The number of carbonyl (C=O) groups excluding carboxylic acids is 1. The molecule has 4 heteroatoms. The average Bonchev–Trinajstić information content (AvgIpc) is 3.20. The van der Waals surface area contributed by atoms with E-state index in [1.165, 1.54) is 18.4 Å². The molecule has 1 aliphatic rings. The second-order valence-corrected chi connectivity index (χ2v) is 6.80. The summed E-state index contributed by atoms with van der Waals surface area (Å²) in [5.74, 6) is 0.175. The highest BCUT2D eigenvalue weighted by molar-refractivity contribution is 7.07. The van der Waals surface area contributed by atoms with Crippen molar-refractivity contribution in [2.45, 2.75) is 38.4 Å². The van der Waals surface area contributed by atoms with Crippen LogP contribution in [0.4, 0.5) is 0 Å². The molecule has 1 unspecified atom stereocenters. The summed E-state index contributed by atoms with van der Waals surface area (Å²) in [5.41, 5.74) is 2.03. The molecule has 110 valence electrons. The summed E-state index contributed by atoms with van der Waals surface area (Å²) in [6, 6.07) is 9.78. The van der Waals surface area contributed by atoms with Gasteiger partial charge in [-0.3, -0.25) is 9.69 Å². The summed E-state index contributed by atoms with van der Waals surface area (Å²) in [6.07, 6.45) is 2.39. The Morgan fingerprint density at radius 3 is 2.62 bits per heavy atom. The Kier molecular flexibility index (Phi) is 4.43. The molecular formula is C17H18ClNOS. The summed E-state index contributed by atoms with van der Waals surface area (Å²) >= 11 is 7.60. The van der Waals surface area contributed by atoms with E-state index in [1.54, 1.807) is 23.5 Å². The molecule has 0 bridgehead atoms. The van der Waals surface area contributed by atoms with Crippen molar-refractivity contribution in [2.75, 3.05) is 0 Å². The Bertz CT molecular complexity index is 604. The SMILES string of the molecule is CC(C(=O)c1ccc(Cl)cc1)N(Cc1ccsc1)C1CC1. The molecule has 1 aliphatic carbocycles. The van der Waals surface area contributed by atoms with Gasteiger partial charge in [-0.15, -0.1) is 0 Å². The maximum absolute atomic E-state index is 12.7. The molecule has 1 saturated carbocycles. The normalized spacial score (nSPS) is 16.1. The van der Waals surface area contributed by atoms with E-state index in [-0.39, 0.29) is 11.8 Å². The summed E-state index contributed by atoms with van der Waals surface area (Å²) < 4.78 is 0. The number of Topliss-reactive ketones (excluding diaryl/α,β-unsaturated/α-hetero) is 1. The van der Waals surface area contributed by atoms with Gasteiger partial charge < -0.3 is 0 Å². The lowest BCUT2D eigenvalue weighted by Crippen LogP contribution is -2.40. The van der Waals surface area contributed by atoms with Crippen molar-refractivity contribution in [2.24, 2.45) is 0 Å². The van der Waals surface area contributed by atoms with Gasteiger partial charge in [0.15, 0.2) is 5.78 Å². The number of ketones is 1. The number of benzene rings is 1. The Morgan fingerprint density at radius 2 is 2.05 bits per heavy atom. The average molecular weight is 320 g/mol. The number of carbonyl (C=O) groups is 1. The van der Waals surface area contributed by atoms with Gasteiger partial charge in [0.1, 0.15) is 0 Å². The van der Waals surface area contributed by atoms with Crippen LogP contribution in [0.3, 0.4) is 0 Å². The van der Waals surface area contributed by atoms with Gasteiger partial charge in [-0.1, -0.05) is 11.6 Å². The van der Waals surface area contributed by atoms with Crippen molar-refractivity contribution in [1.29, 1.82) is 0 Å². The molecule has 0 spiro atoms. The van der Waals surface area contributed by atoms with E-state index in [4.69, 9.17) is 11.6 Å². The fourth-order valence-corrected chi connectivity index (χ4v) is 3.37. The van der Waals surface area contributed by atoms with Crippen LogP contribution in [0, 0.1) is 0 Å². The molecule has 1 fully saturated rings. The minimum Gasteiger partial charge on any atom is -0.292 e. The lowest BCUT2D eigenvalue weighted by Gasteiger charge is -2.28. The maximum Gasteiger partial charge on any atom is 0.179 e. The summed E-state index contributed by atoms with van der Waals surface area (Å²) in [4.78, 5) is 15.0. The molecule has 0 N–H and O–H groups in total. The van der Waals surface area contributed by atoms with Gasteiger partial charge in [-0.25, -0.2) is 0 Å². The second-order valence-electron chi connectivity index (χ2n) is 5.58. The number of rotatable bonds is 6. The fourth-order valence-electron chi connectivity index (χ4n) is 2.59. The highest BCUT2D eigenvalue weighted by Crippen LogP contribution is 2.31. The molecule has 21 heavy (non-hydrogen) atoms. The number of hydrogen-bond acceptors (Lipinski definition) is 3. The highest BCUT2D eigenvalue weighted by atomic mass is 35.5. The van der Waals surface area contributed by atoms with E-state index in [0.29, 0.717) is 11.1 Å². The first kappa shape index (κ1) is 14.8. The number of thiophene rings is 1. The van der Waals surface area contributed by atoms with Crippen LogP contribution in [-0.4, -0.2) is 22.8 Å². The Labute approximate surface area is 134 Å². The maximum atomic E-state index is 12.7. The third-order valence-electron chi connectivity index (χ3n) is 3.97. The van der Waals surface area contributed by atoms with Gasteiger partial charge in [0.25, 0.3) is 0 Å². The van der Waals surface area contributed by atoms with Crippen LogP contribution in [0.2, 0.25) is 5.02 Å². The molecule has 0 radical (unpaired) electrons. The van der Waals surface area contributed by atoms with Crippen LogP contribution in [0.25, 0.3) is 0 Å². The molecule has 0 aliphatic heterocycles. The molecule has 2 aromatic rings. The third kappa shape index (κ3) is 3.54. The molecule has 2 nitrogen and oxygen atoms in total. The zero-order valence-corrected chi connectivity index (χ0v) is 13.5. The standard InChI is InChI=1S/C17H18ClNOS/c1-12(17(20)14-2-4-15(18)5-3-14)19(16-6-7-16)10-13-8-9-21-11-13/h2-5,8-9,11-12,16H,6-7,10H2,1H3. The lowest BCUT2D eigenvalue weighted by molar-refractivity contribution is 0.0815. The van der Waals surface area contributed by atoms with E-state index in [2.05, 4.69) is 21.7 Å². The van der Waals surface area contributed by atoms with Crippen LogP contribution in [0.1, 0.15) is 35.7 Å². The van der Waals surface area contributed by atoms with Crippen LogP contribution in [0.15, 0.2) is 41.1 Å². The number of halogens is 1. The zero-order valence-electron chi connectivity index (χ0n) is 12.0. The first-order valence-electron chi connectivity index (χ1n) is 7.22. The van der Waals surface area contributed by atoms with Crippen molar-refractivity contribution in [3.8, 4) is 0 Å². The summed E-state index contributed by atoms with van der Waals surface area (Å²) in [6.45, 7) is 2.87. The van der Waals surface area contributed by atoms with Crippen molar-refractivity contribution in [3.05, 3.63) is 57.2 Å². The van der Waals surface area contributed by atoms with Crippen LogP contribution in [0.5, 0.6) is 0 Å². The van der Waals surface area contributed by atoms with E-state index >= 15 is 0 Å². The quantitative estimate of drug-likeness (QED) is 0.723. The van der Waals surface area contributed by atoms with Crippen molar-refractivity contribution >= 4 is 28.7 Å². The lowest BCUT2D eigenvalue weighted by atomic mass is 10.0. The first-order valence-corrected chi connectivity index (χ1v) is 8.54. The van der Waals surface area contributed by atoms with E-state index in [0.717, 1.165) is 12.1 Å². The third-order valence-corrected chi connectivity index (χ3v) is 4.95. The topological polar surface area (TPSA) is 20.3 Å².